The zero-order chi connectivity index (χ0) is 13.0. The number of hydrogen-bond acceptors (Lipinski definition) is 5. The third-order valence-corrected chi connectivity index (χ3v) is 2.20. The molecule has 6 N–H and O–H groups in total. The number of nitrogens with one attached hydrogen (secondary N) is 2. The molecule has 1 unspecified atom stereocenters. The molecule has 1 heterocycles. The average Bonchev–Trinajstić information content (AvgIpc) is 2.30. The number of aromatic nitrogens is 1. The molecule has 1 atom stereocenters. The van der Waals surface area contributed by atoms with Gasteiger partial charge in [-0.05, 0) is 13.0 Å². The van der Waals surface area contributed by atoms with Crippen LogP contribution in [0.5, 0.6) is 0 Å². The number of rotatable bonds is 4. The van der Waals surface area contributed by atoms with Crippen molar-refractivity contribution in [2.75, 3.05) is 18.1 Å². The minimum Gasteiger partial charge on any atom is -0.397 e. The van der Waals surface area contributed by atoms with Crippen molar-refractivity contribution in [2.24, 2.45) is 5.73 Å². The summed E-state index contributed by atoms with van der Waals surface area (Å²) in [5.41, 5.74) is 11.1. The van der Waals surface area contributed by atoms with Crippen molar-refractivity contribution in [3.8, 4) is 0 Å². The van der Waals surface area contributed by atoms with Gasteiger partial charge in [0.15, 0.2) is 0 Å². The summed E-state index contributed by atoms with van der Waals surface area (Å²) in [5, 5.41) is 5.32. The Labute approximate surface area is 98.6 Å². The summed E-state index contributed by atoms with van der Waals surface area (Å²) < 4.78 is 0. The molecule has 1 aromatic rings. The van der Waals surface area contributed by atoms with E-state index in [-0.39, 0.29) is 17.2 Å². The second-order valence-electron chi connectivity index (χ2n) is 3.50. The van der Waals surface area contributed by atoms with Crippen molar-refractivity contribution in [1.82, 2.24) is 10.3 Å². The molecule has 1 aromatic heterocycles. The number of carbonyl (C=O) groups is 2. The van der Waals surface area contributed by atoms with E-state index in [4.69, 9.17) is 11.5 Å². The van der Waals surface area contributed by atoms with E-state index < -0.39 is 11.9 Å². The van der Waals surface area contributed by atoms with Gasteiger partial charge in [0.25, 0.3) is 5.91 Å². The first-order chi connectivity index (χ1) is 7.95. The van der Waals surface area contributed by atoms with Gasteiger partial charge in [-0.3, -0.25) is 9.59 Å². The summed E-state index contributed by atoms with van der Waals surface area (Å²) in [6.45, 7) is 1.67. The molecule has 0 aliphatic rings. The van der Waals surface area contributed by atoms with Gasteiger partial charge in [-0.1, -0.05) is 0 Å². The number of hydrogen-bond donors (Lipinski definition) is 4. The number of nitrogen functional groups attached to an aromatic ring is 1. The van der Waals surface area contributed by atoms with Crippen LogP contribution in [0.3, 0.4) is 0 Å². The zero-order valence-electron chi connectivity index (χ0n) is 9.65. The summed E-state index contributed by atoms with van der Waals surface area (Å²) >= 11 is 0. The number of likely N-dealkylation sites (N-methyl/N-ethyl adjacent to an activating group) is 1. The van der Waals surface area contributed by atoms with Crippen LogP contribution in [0.15, 0.2) is 12.3 Å². The summed E-state index contributed by atoms with van der Waals surface area (Å²) in [6, 6.07) is 0.939. The smallest absolute Gasteiger partial charge is 0.250 e. The number of nitrogens with two attached hydrogens (primary N) is 2. The molecule has 0 fully saturated rings. The molecule has 2 amide bonds. The van der Waals surface area contributed by atoms with E-state index in [1.807, 2.05) is 0 Å². The fourth-order valence-corrected chi connectivity index (χ4v) is 1.26. The third-order valence-electron chi connectivity index (χ3n) is 2.20. The van der Waals surface area contributed by atoms with Crippen LogP contribution in [-0.2, 0) is 4.79 Å². The molecule has 17 heavy (non-hydrogen) atoms. The lowest BCUT2D eigenvalue weighted by Gasteiger charge is -2.13. The van der Waals surface area contributed by atoms with Crippen LogP contribution >= 0.6 is 0 Å². The Morgan fingerprint density at radius 1 is 1.47 bits per heavy atom. The summed E-state index contributed by atoms with van der Waals surface area (Å²) in [6.07, 6.45) is 1.32. The highest BCUT2D eigenvalue weighted by Crippen LogP contribution is 2.14. The molecule has 0 radical (unpaired) electrons. The van der Waals surface area contributed by atoms with Gasteiger partial charge >= 0.3 is 0 Å². The number of carbonyl (C=O) groups excluding carboxylic acids is 2. The molecular weight excluding hydrogens is 222 g/mol. The highest BCUT2D eigenvalue weighted by atomic mass is 16.2. The number of nitrogens with zero attached hydrogens (tertiary/aromatic N) is 1. The Kier molecular flexibility index (Phi) is 3.86. The van der Waals surface area contributed by atoms with Crippen LogP contribution in [0.1, 0.15) is 17.3 Å². The van der Waals surface area contributed by atoms with E-state index in [1.54, 1.807) is 6.92 Å². The number of pyridine rings is 1. The Bertz CT molecular complexity index is 446. The third kappa shape index (κ3) is 3.07. The summed E-state index contributed by atoms with van der Waals surface area (Å²) in [5.74, 6) is -0.464. The second kappa shape index (κ2) is 5.15. The van der Waals surface area contributed by atoms with Crippen molar-refractivity contribution in [2.45, 2.75) is 13.0 Å². The van der Waals surface area contributed by atoms with E-state index >= 15 is 0 Å². The predicted molar refractivity (Wildman–Crippen MR) is 64.3 cm³/mol. The maximum absolute atomic E-state index is 11.3. The van der Waals surface area contributed by atoms with E-state index in [2.05, 4.69) is 15.6 Å². The van der Waals surface area contributed by atoms with Crippen LogP contribution in [-0.4, -0.2) is 29.9 Å². The molecule has 0 aliphatic heterocycles. The van der Waals surface area contributed by atoms with Gasteiger partial charge in [0.05, 0.1) is 17.4 Å². The quantitative estimate of drug-likeness (QED) is 0.552. The molecule has 0 saturated heterocycles. The minimum atomic E-state index is -0.638. The molecule has 0 bridgehead atoms. The molecule has 92 valence electrons. The number of anilines is 2. The molecular formula is C10H15N5O2. The highest BCUT2D eigenvalue weighted by Gasteiger charge is 2.13. The van der Waals surface area contributed by atoms with Crippen LogP contribution in [0.4, 0.5) is 11.5 Å². The second-order valence-corrected chi connectivity index (χ2v) is 3.50. The van der Waals surface area contributed by atoms with Gasteiger partial charge in [-0.25, -0.2) is 4.98 Å². The zero-order valence-corrected chi connectivity index (χ0v) is 9.65. The minimum absolute atomic E-state index is 0.173. The molecule has 7 nitrogen and oxygen atoms in total. The maximum atomic E-state index is 11.3. The first-order valence-corrected chi connectivity index (χ1v) is 4.99. The average molecular weight is 237 g/mol. The van der Waals surface area contributed by atoms with Gasteiger partial charge in [-0.15, -0.1) is 0 Å². The topological polar surface area (TPSA) is 123 Å². The van der Waals surface area contributed by atoms with Gasteiger partial charge in [0, 0.05) is 7.05 Å². The standard InChI is InChI=1S/C10H15N5O2/c1-5(10(17)13-2)15-8-3-6(9(12)16)7(11)4-14-8/h3-5H,11H2,1-2H3,(H2,12,16)(H,13,17)(H,14,15). The molecule has 0 spiro atoms. The van der Waals surface area contributed by atoms with Crippen LogP contribution in [0, 0.1) is 0 Å². The molecule has 0 aliphatic carbocycles. The van der Waals surface area contributed by atoms with Gasteiger partial charge in [0.2, 0.25) is 5.91 Å². The fraction of sp³-hybridized carbons (Fsp3) is 0.300. The van der Waals surface area contributed by atoms with Gasteiger partial charge in [0.1, 0.15) is 11.9 Å². The molecule has 1 rings (SSSR count). The number of primary amides is 1. The number of amides is 2. The van der Waals surface area contributed by atoms with E-state index in [0.717, 1.165) is 0 Å². The van der Waals surface area contributed by atoms with E-state index in [9.17, 15) is 9.59 Å². The van der Waals surface area contributed by atoms with E-state index in [1.165, 1.54) is 19.3 Å². The molecule has 7 heteroatoms. The first kappa shape index (κ1) is 12.8. The fourth-order valence-electron chi connectivity index (χ4n) is 1.26. The van der Waals surface area contributed by atoms with Crippen molar-refractivity contribution in [1.29, 1.82) is 0 Å². The lowest BCUT2D eigenvalue weighted by molar-refractivity contribution is -0.121. The molecule has 0 aromatic carbocycles. The van der Waals surface area contributed by atoms with Gasteiger partial charge in [-0.2, -0.15) is 0 Å². The normalized spacial score (nSPS) is 11.6. The highest BCUT2D eigenvalue weighted by molar-refractivity contribution is 5.98. The Balaban J connectivity index is 2.90. The van der Waals surface area contributed by atoms with Crippen molar-refractivity contribution < 1.29 is 9.59 Å². The van der Waals surface area contributed by atoms with Crippen molar-refractivity contribution in [3.63, 3.8) is 0 Å². The molecule has 0 saturated carbocycles. The Hall–Kier alpha value is -2.31. The largest absolute Gasteiger partial charge is 0.397 e. The Morgan fingerprint density at radius 2 is 2.12 bits per heavy atom. The summed E-state index contributed by atoms with van der Waals surface area (Å²) in [4.78, 5) is 26.3. The lowest BCUT2D eigenvalue weighted by atomic mass is 10.2. The van der Waals surface area contributed by atoms with Crippen molar-refractivity contribution >= 4 is 23.3 Å². The summed E-state index contributed by atoms with van der Waals surface area (Å²) in [7, 11) is 1.53. The SMILES string of the molecule is CNC(=O)C(C)Nc1cc(C(N)=O)c(N)cn1. The van der Waals surface area contributed by atoms with E-state index in [0.29, 0.717) is 5.82 Å². The van der Waals surface area contributed by atoms with Crippen LogP contribution < -0.4 is 22.1 Å². The van der Waals surface area contributed by atoms with Crippen LogP contribution in [0.2, 0.25) is 0 Å². The monoisotopic (exact) mass is 237 g/mol. The van der Waals surface area contributed by atoms with Crippen LogP contribution in [0.25, 0.3) is 0 Å². The Morgan fingerprint density at radius 3 is 2.65 bits per heavy atom. The first-order valence-electron chi connectivity index (χ1n) is 4.99. The predicted octanol–water partition coefficient (Wildman–Crippen LogP) is -0.691. The van der Waals surface area contributed by atoms with Crippen molar-refractivity contribution in [3.05, 3.63) is 17.8 Å². The maximum Gasteiger partial charge on any atom is 0.250 e. The lowest BCUT2D eigenvalue weighted by Crippen LogP contribution is -2.35. The van der Waals surface area contributed by atoms with Gasteiger partial charge < -0.3 is 22.1 Å².